The van der Waals surface area contributed by atoms with Gasteiger partial charge in [0, 0.05) is 17.8 Å². The highest BCUT2D eigenvalue weighted by molar-refractivity contribution is 5.68. The Kier molecular flexibility index (Phi) is 5.61. The monoisotopic (exact) mass is 366 g/mol. The van der Waals surface area contributed by atoms with Crippen LogP contribution in [0.15, 0.2) is 48.8 Å². The predicted octanol–water partition coefficient (Wildman–Crippen LogP) is 4.30. The van der Waals surface area contributed by atoms with Gasteiger partial charge in [0.05, 0.1) is 27.0 Å². The van der Waals surface area contributed by atoms with E-state index >= 15 is 0 Å². The Morgan fingerprint density at radius 3 is 2.07 bits per heavy atom. The molecular weight excluding hydrogens is 344 g/mol. The van der Waals surface area contributed by atoms with Crippen molar-refractivity contribution in [3.63, 3.8) is 0 Å². The van der Waals surface area contributed by atoms with Crippen molar-refractivity contribution >= 4 is 23.0 Å². The fraction of sp³-hybridized carbons (Fsp3) is 0.200. The number of methoxy groups -OCH3 is 3. The number of ether oxygens (including phenoxy) is 3. The summed E-state index contributed by atoms with van der Waals surface area (Å²) in [5, 5.41) is 6.51. The van der Waals surface area contributed by atoms with Crippen LogP contribution in [0.25, 0.3) is 0 Å². The molecule has 0 aliphatic rings. The summed E-state index contributed by atoms with van der Waals surface area (Å²) in [5.41, 5.74) is 2.79. The first-order valence-electron chi connectivity index (χ1n) is 8.35. The molecule has 0 aliphatic heterocycles. The molecule has 3 aromatic rings. The van der Waals surface area contributed by atoms with Crippen LogP contribution < -0.4 is 24.8 Å². The number of rotatable bonds is 7. The molecule has 0 bridgehead atoms. The summed E-state index contributed by atoms with van der Waals surface area (Å²) in [7, 11) is 4.84. The molecule has 0 radical (unpaired) electrons. The number of benzene rings is 2. The fourth-order valence-corrected chi connectivity index (χ4v) is 2.61. The zero-order valence-electron chi connectivity index (χ0n) is 15.7. The Balaban J connectivity index is 1.81. The lowest BCUT2D eigenvalue weighted by molar-refractivity contribution is 0.355. The van der Waals surface area contributed by atoms with Crippen molar-refractivity contribution < 1.29 is 14.2 Å². The average Bonchev–Trinajstić information content (AvgIpc) is 2.68. The highest BCUT2D eigenvalue weighted by atomic mass is 16.5. The molecule has 0 fully saturated rings. The highest BCUT2D eigenvalue weighted by Gasteiger charge is 2.08. The number of aryl methyl sites for hydroxylation is 1. The fourth-order valence-electron chi connectivity index (χ4n) is 2.61. The number of nitrogens with zero attached hydrogens (tertiary/aromatic N) is 2. The van der Waals surface area contributed by atoms with Crippen molar-refractivity contribution in [3.8, 4) is 17.2 Å². The molecule has 0 saturated carbocycles. The van der Waals surface area contributed by atoms with Gasteiger partial charge in [0.25, 0.3) is 0 Å². The molecule has 1 aromatic heterocycles. The zero-order chi connectivity index (χ0) is 19.2. The van der Waals surface area contributed by atoms with E-state index < -0.39 is 0 Å². The van der Waals surface area contributed by atoms with E-state index in [1.54, 1.807) is 21.3 Å². The van der Waals surface area contributed by atoms with Gasteiger partial charge in [-0.2, -0.15) is 0 Å². The topological polar surface area (TPSA) is 77.5 Å². The molecular formula is C20H22N4O3. The maximum Gasteiger partial charge on any atom is 0.162 e. The van der Waals surface area contributed by atoms with E-state index in [9.17, 15) is 0 Å². The molecule has 0 amide bonds. The molecule has 0 unspecified atom stereocenters. The molecule has 1 heterocycles. The third kappa shape index (κ3) is 4.38. The number of anilines is 4. The minimum atomic E-state index is 0.638. The van der Waals surface area contributed by atoms with Crippen molar-refractivity contribution in [2.75, 3.05) is 32.0 Å². The van der Waals surface area contributed by atoms with Gasteiger partial charge in [0.2, 0.25) is 0 Å². The zero-order valence-corrected chi connectivity index (χ0v) is 15.7. The smallest absolute Gasteiger partial charge is 0.162 e. The van der Waals surface area contributed by atoms with Crippen molar-refractivity contribution in [1.29, 1.82) is 0 Å². The van der Waals surface area contributed by atoms with E-state index in [1.807, 2.05) is 49.4 Å². The maximum atomic E-state index is 5.40. The van der Waals surface area contributed by atoms with Gasteiger partial charge in [0.15, 0.2) is 11.5 Å². The van der Waals surface area contributed by atoms with E-state index in [0.29, 0.717) is 23.1 Å². The summed E-state index contributed by atoms with van der Waals surface area (Å²) in [4.78, 5) is 8.55. The second-order valence-corrected chi connectivity index (χ2v) is 5.81. The molecule has 140 valence electrons. The first kappa shape index (κ1) is 18.3. The van der Waals surface area contributed by atoms with Crippen LogP contribution in [-0.2, 0) is 0 Å². The molecule has 2 N–H and O–H groups in total. The number of hydrogen-bond donors (Lipinski definition) is 2. The lowest BCUT2D eigenvalue weighted by Gasteiger charge is -2.13. The SMILES string of the molecule is COc1ccc(C)cc1Nc1cc(Nc2ccc(OC)c(OC)c2)ncn1. The average molecular weight is 366 g/mol. The second-order valence-electron chi connectivity index (χ2n) is 5.81. The summed E-state index contributed by atoms with van der Waals surface area (Å²) in [6.07, 6.45) is 1.49. The van der Waals surface area contributed by atoms with Gasteiger partial charge in [-0.1, -0.05) is 6.07 Å². The van der Waals surface area contributed by atoms with Crippen LogP contribution in [0.3, 0.4) is 0 Å². The third-order valence-corrected chi connectivity index (χ3v) is 3.94. The van der Waals surface area contributed by atoms with Crippen molar-refractivity contribution in [3.05, 3.63) is 54.4 Å². The highest BCUT2D eigenvalue weighted by Crippen LogP contribution is 2.32. The quantitative estimate of drug-likeness (QED) is 0.645. The molecule has 7 heteroatoms. The van der Waals surface area contributed by atoms with E-state index in [1.165, 1.54) is 6.33 Å². The van der Waals surface area contributed by atoms with Crippen LogP contribution in [-0.4, -0.2) is 31.3 Å². The van der Waals surface area contributed by atoms with E-state index in [4.69, 9.17) is 14.2 Å². The van der Waals surface area contributed by atoms with Crippen LogP contribution in [0.4, 0.5) is 23.0 Å². The Morgan fingerprint density at radius 1 is 0.704 bits per heavy atom. The van der Waals surface area contributed by atoms with Crippen LogP contribution in [0.1, 0.15) is 5.56 Å². The Hall–Kier alpha value is -3.48. The normalized spacial score (nSPS) is 10.2. The number of aromatic nitrogens is 2. The summed E-state index contributed by atoms with van der Waals surface area (Å²) in [5.74, 6) is 3.34. The molecule has 0 saturated heterocycles. The van der Waals surface area contributed by atoms with E-state index in [-0.39, 0.29) is 0 Å². The Morgan fingerprint density at radius 2 is 1.37 bits per heavy atom. The second kappa shape index (κ2) is 8.27. The van der Waals surface area contributed by atoms with Crippen LogP contribution in [0.2, 0.25) is 0 Å². The Bertz CT molecular complexity index is 931. The number of hydrogen-bond acceptors (Lipinski definition) is 7. The van der Waals surface area contributed by atoms with Crippen molar-refractivity contribution in [2.45, 2.75) is 6.92 Å². The van der Waals surface area contributed by atoms with Crippen molar-refractivity contribution in [1.82, 2.24) is 9.97 Å². The molecule has 0 spiro atoms. The van der Waals surface area contributed by atoms with Gasteiger partial charge in [-0.3, -0.25) is 0 Å². The summed E-state index contributed by atoms with van der Waals surface area (Å²) in [6.45, 7) is 2.02. The first-order valence-corrected chi connectivity index (χ1v) is 8.35. The molecule has 7 nitrogen and oxygen atoms in total. The number of nitrogens with one attached hydrogen (secondary N) is 2. The van der Waals surface area contributed by atoms with Crippen LogP contribution in [0.5, 0.6) is 17.2 Å². The summed E-state index contributed by atoms with van der Waals surface area (Å²) < 4.78 is 16.0. The van der Waals surface area contributed by atoms with Gasteiger partial charge in [-0.25, -0.2) is 9.97 Å². The van der Waals surface area contributed by atoms with E-state index in [0.717, 1.165) is 22.7 Å². The predicted molar refractivity (Wildman–Crippen MR) is 106 cm³/mol. The standard InChI is InChI=1S/C20H22N4O3/c1-13-5-7-16(25-2)15(9-13)24-20-11-19(21-12-22-20)23-14-6-8-17(26-3)18(10-14)27-4/h5-12H,1-4H3,(H2,21,22,23,24). The molecule has 27 heavy (non-hydrogen) atoms. The molecule has 0 aliphatic carbocycles. The van der Waals surface area contributed by atoms with Gasteiger partial charge >= 0.3 is 0 Å². The minimum Gasteiger partial charge on any atom is -0.495 e. The molecule has 0 atom stereocenters. The van der Waals surface area contributed by atoms with Gasteiger partial charge in [0.1, 0.15) is 23.7 Å². The summed E-state index contributed by atoms with van der Waals surface area (Å²) in [6, 6.07) is 13.3. The Labute approximate surface area is 158 Å². The molecule has 2 aromatic carbocycles. The molecule has 3 rings (SSSR count). The van der Waals surface area contributed by atoms with Gasteiger partial charge in [-0.05, 0) is 36.8 Å². The maximum absolute atomic E-state index is 5.40. The lowest BCUT2D eigenvalue weighted by Crippen LogP contribution is -2.00. The van der Waals surface area contributed by atoms with Crippen molar-refractivity contribution in [2.24, 2.45) is 0 Å². The minimum absolute atomic E-state index is 0.638. The van der Waals surface area contributed by atoms with Crippen LogP contribution >= 0.6 is 0 Å². The third-order valence-electron chi connectivity index (χ3n) is 3.94. The van der Waals surface area contributed by atoms with Crippen LogP contribution in [0, 0.1) is 6.92 Å². The lowest BCUT2D eigenvalue weighted by atomic mass is 10.2. The first-order chi connectivity index (χ1) is 13.1. The van der Waals surface area contributed by atoms with Gasteiger partial charge < -0.3 is 24.8 Å². The van der Waals surface area contributed by atoms with Gasteiger partial charge in [-0.15, -0.1) is 0 Å². The summed E-state index contributed by atoms with van der Waals surface area (Å²) >= 11 is 0. The van der Waals surface area contributed by atoms with E-state index in [2.05, 4.69) is 20.6 Å². The largest absolute Gasteiger partial charge is 0.495 e.